The minimum atomic E-state index is -4.08. The molecule has 0 saturated carbocycles. The summed E-state index contributed by atoms with van der Waals surface area (Å²) in [5.41, 5.74) is -0.429. The summed E-state index contributed by atoms with van der Waals surface area (Å²) in [4.78, 5) is 23.0. The van der Waals surface area contributed by atoms with Crippen molar-refractivity contribution >= 4 is 50.8 Å². The molecule has 12 heteroatoms. The lowest BCUT2D eigenvalue weighted by Crippen LogP contribution is -2.32. The molecule has 0 aliphatic rings. The lowest BCUT2D eigenvalue weighted by Gasteiger charge is -2.09. The van der Waals surface area contributed by atoms with Gasteiger partial charge < -0.3 is 10.1 Å². The van der Waals surface area contributed by atoms with Crippen molar-refractivity contribution in [1.29, 1.82) is 0 Å². The largest absolute Gasteiger partial charge is 0.455 e. The van der Waals surface area contributed by atoms with Crippen molar-refractivity contribution in [3.05, 3.63) is 58.1 Å². The number of amides is 1. The Morgan fingerprint density at radius 2 is 1.75 bits per heavy atom. The van der Waals surface area contributed by atoms with Crippen LogP contribution in [-0.4, -0.2) is 33.4 Å². The van der Waals surface area contributed by atoms with Gasteiger partial charge in [0.15, 0.2) is 6.61 Å². The molecule has 0 aliphatic carbocycles. The first-order valence-corrected chi connectivity index (χ1v) is 9.67. The van der Waals surface area contributed by atoms with Crippen LogP contribution in [-0.2, 0) is 24.3 Å². The minimum Gasteiger partial charge on any atom is -0.455 e. The van der Waals surface area contributed by atoms with Crippen LogP contribution in [0.25, 0.3) is 0 Å². The second-order valence-electron chi connectivity index (χ2n) is 5.23. The van der Waals surface area contributed by atoms with E-state index in [1.165, 1.54) is 12.1 Å². The highest BCUT2D eigenvalue weighted by molar-refractivity contribution is 7.89. The smallest absolute Gasteiger partial charge is 0.321 e. The monoisotopic (exact) mass is 452 g/mol. The first-order valence-electron chi connectivity index (χ1n) is 7.44. The Morgan fingerprint density at radius 3 is 2.43 bits per heavy atom. The van der Waals surface area contributed by atoms with Gasteiger partial charge in [-0.2, -0.15) is 4.72 Å². The molecule has 1 amide bonds. The van der Waals surface area contributed by atoms with Gasteiger partial charge in [0.1, 0.15) is 18.2 Å². The third kappa shape index (κ3) is 6.13. The fourth-order valence-electron chi connectivity index (χ4n) is 1.86. The number of hydrogen-bond acceptors (Lipinski definition) is 5. The molecule has 2 N–H and O–H groups in total. The van der Waals surface area contributed by atoms with Crippen LogP contribution in [0.4, 0.5) is 14.5 Å². The maximum Gasteiger partial charge on any atom is 0.321 e. The first kappa shape index (κ1) is 22.0. The third-order valence-electron chi connectivity index (χ3n) is 3.17. The Hall–Kier alpha value is -2.27. The molecule has 0 radical (unpaired) electrons. The Kier molecular flexibility index (Phi) is 7.30. The number of anilines is 1. The van der Waals surface area contributed by atoms with Crippen LogP contribution in [0.2, 0.25) is 10.0 Å². The van der Waals surface area contributed by atoms with Crippen molar-refractivity contribution in [2.45, 2.75) is 4.90 Å². The Balaban J connectivity index is 1.85. The second kappa shape index (κ2) is 9.28. The maximum absolute atomic E-state index is 13.4. The van der Waals surface area contributed by atoms with E-state index in [1.807, 2.05) is 10.0 Å². The van der Waals surface area contributed by atoms with Gasteiger partial charge in [-0.25, -0.2) is 17.2 Å². The fraction of sp³-hybridized carbons (Fsp3) is 0.125. The van der Waals surface area contributed by atoms with E-state index >= 15 is 0 Å². The van der Waals surface area contributed by atoms with Crippen LogP contribution in [0.3, 0.4) is 0 Å². The van der Waals surface area contributed by atoms with Crippen molar-refractivity contribution in [3.8, 4) is 0 Å². The zero-order valence-corrected chi connectivity index (χ0v) is 16.2. The van der Waals surface area contributed by atoms with E-state index in [9.17, 15) is 26.8 Å². The van der Waals surface area contributed by atoms with Crippen molar-refractivity contribution in [1.82, 2.24) is 4.72 Å². The number of esters is 1. The second-order valence-corrected chi connectivity index (χ2v) is 7.81. The van der Waals surface area contributed by atoms with E-state index in [0.29, 0.717) is 0 Å². The summed E-state index contributed by atoms with van der Waals surface area (Å²) in [7, 11) is -4.08. The molecular formula is C16H12Cl2F2N2O5S. The van der Waals surface area contributed by atoms with Gasteiger partial charge in [-0.3, -0.25) is 9.59 Å². The number of halogens is 4. The predicted octanol–water partition coefficient (Wildman–Crippen LogP) is 2.73. The van der Waals surface area contributed by atoms with Gasteiger partial charge in [0.25, 0.3) is 5.91 Å². The van der Waals surface area contributed by atoms with E-state index in [4.69, 9.17) is 23.2 Å². The Bertz CT molecular complexity index is 1020. The van der Waals surface area contributed by atoms with Crippen LogP contribution >= 0.6 is 23.2 Å². The standard InChI is InChI=1S/C16H12Cl2F2N2O5S/c17-11-3-2-10(6-12(11)18)28(25,26)21-7-16(24)27-8-15(23)22-14-5-9(19)1-4-13(14)20/h1-6,21H,7-8H2,(H,22,23). The van der Waals surface area contributed by atoms with E-state index < -0.39 is 52.4 Å². The average molecular weight is 453 g/mol. The molecule has 2 aromatic carbocycles. The van der Waals surface area contributed by atoms with E-state index in [0.717, 1.165) is 24.3 Å². The van der Waals surface area contributed by atoms with Gasteiger partial charge in [-0.05, 0) is 30.3 Å². The number of hydrogen-bond donors (Lipinski definition) is 2. The summed E-state index contributed by atoms with van der Waals surface area (Å²) in [6.07, 6.45) is 0. The lowest BCUT2D eigenvalue weighted by atomic mass is 10.3. The number of nitrogens with one attached hydrogen (secondary N) is 2. The molecule has 7 nitrogen and oxygen atoms in total. The zero-order valence-electron chi connectivity index (χ0n) is 13.8. The SMILES string of the molecule is O=C(COC(=O)CNS(=O)(=O)c1ccc(Cl)c(Cl)c1)Nc1cc(F)ccc1F. The molecule has 0 bridgehead atoms. The molecule has 0 saturated heterocycles. The topological polar surface area (TPSA) is 102 Å². The average Bonchev–Trinajstić information content (AvgIpc) is 2.63. The molecule has 0 atom stereocenters. The molecule has 150 valence electrons. The van der Waals surface area contributed by atoms with Gasteiger partial charge in [-0.1, -0.05) is 23.2 Å². The molecular weight excluding hydrogens is 441 g/mol. The van der Waals surface area contributed by atoms with Gasteiger partial charge >= 0.3 is 5.97 Å². The van der Waals surface area contributed by atoms with Crippen LogP contribution in [0.5, 0.6) is 0 Å². The van der Waals surface area contributed by atoms with Crippen molar-refractivity contribution in [3.63, 3.8) is 0 Å². The minimum absolute atomic E-state index is 0.00775. The fourth-order valence-corrected chi connectivity index (χ4v) is 3.22. The predicted molar refractivity (Wildman–Crippen MR) is 97.6 cm³/mol. The van der Waals surface area contributed by atoms with Crippen LogP contribution < -0.4 is 10.0 Å². The maximum atomic E-state index is 13.4. The highest BCUT2D eigenvalue weighted by atomic mass is 35.5. The zero-order chi connectivity index (χ0) is 20.9. The Morgan fingerprint density at radius 1 is 1.04 bits per heavy atom. The van der Waals surface area contributed by atoms with E-state index in [-0.39, 0.29) is 14.9 Å². The summed E-state index contributed by atoms with van der Waals surface area (Å²) in [5.74, 6) is -3.66. The molecule has 0 aromatic heterocycles. The highest BCUT2D eigenvalue weighted by Gasteiger charge is 2.18. The molecule has 0 unspecified atom stereocenters. The summed E-state index contributed by atoms with van der Waals surface area (Å²) in [6.45, 7) is -1.60. The molecule has 0 heterocycles. The van der Waals surface area contributed by atoms with Crippen LogP contribution in [0.1, 0.15) is 0 Å². The summed E-state index contributed by atoms with van der Waals surface area (Å²) in [5, 5.41) is 2.18. The number of benzene rings is 2. The van der Waals surface area contributed by atoms with Crippen LogP contribution in [0, 0.1) is 11.6 Å². The highest BCUT2D eigenvalue weighted by Crippen LogP contribution is 2.24. The first-order chi connectivity index (χ1) is 13.1. The number of carbonyl (C=O) groups excluding carboxylic acids is 2. The van der Waals surface area contributed by atoms with Crippen molar-refractivity contribution in [2.75, 3.05) is 18.5 Å². The number of sulfonamides is 1. The molecule has 2 rings (SSSR count). The summed E-state index contributed by atoms with van der Waals surface area (Å²) in [6, 6.07) is 5.98. The lowest BCUT2D eigenvalue weighted by molar-refractivity contribution is -0.146. The molecule has 0 fully saturated rings. The molecule has 0 spiro atoms. The van der Waals surface area contributed by atoms with Crippen molar-refractivity contribution < 1.29 is 31.5 Å². The molecule has 28 heavy (non-hydrogen) atoms. The van der Waals surface area contributed by atoms with Crippen LogP contribution in [0.15, 0.2) is 41.3 Å². The normalized spacial score (nSPS) is 11.1. The summed E-state index contributed by atoms with van der Waals surface area (Å²) >= 11 is 11.4. The molecule has 2 aromatic rings. The summed E-state index contributed by atoms with van der Waals surface area (Å²) < 4.78 is 57.1. The Labute approximate surface area is 168 Å². The number of rotatable bonds is 7. The van der Waals surface area contributed by atoms with Crippen molar-refractivity contribution in [2.24, 2.45) is 0 Å². The third-order valence-corrected chi connectivity index (χ3v) is 5.31. The van der Waals surface area contributed by atoms with Gasteiger partial charge in [0, 0.05) is 6.07 Å². The van der Waals surface area contributed by atoms with Gasteiger partial charge in [0.05, 0.1) is 20.6 Å². The quantitative estimate of drug-likeness (QED) is 0.628. The number of carbonyl (C=O) groups is 2. The van der Waals surface area contributed by atoms with Gasteiger partial charge in [-0.15, -0.1) is 0 Å². The van der Waals surface area contributed by atoms with E-state index in [1.54, 1.807) is 0 Å². The van der Waals surface area contributed by atoms with Gasteiger partial charge in [0.2, 0.25) is 10.0 Å². The molecule has 0 aliphatic heterocycles. The van der Waals surface area contributed by atoms with E-state index in [2.05, 4.69) is 4.74 Å². The number of ether oxygens (including phenoxy) is 1.